The minimum atomic E-state index is 0.0347. The molecule has 1 amide bonds. The molecule has 1 heterocycles. The van der Waals surface area contributed by atoms with Gasteiger partial charge in [-0.3, -0.25) is 4.79 Å². The maximum Gasteiger partial charge on any atom is 0.227 e. The average molecular weight is 300 g/mol. The van der Waals surface area contributed by atoms with E-state index in [2.05, 4.69) is 15.9 Å². The minimum absolute atomic E-state index is 0.0347. The van der Waals surface area contributed by atoms with Gasteiger partial charge in [0, 0.05) is 41.7 Å². The molecule has 92 valence electrons. The number of aliphatic hydroxyl groups excluding tert-OH is 1. The third-order valence-corrected chi connectivity index (χ3v) is 3.32. The van der Waals surface area contributed by atoms with Crippen molar-refractivity contribution >= 4 is 27.5 Å². The van der Waals surface area contributed by atoms with E-state index in [1.165, 1.54) is 0 Å². The van der Waals surface area contributed by atoms with E-state index in [1.54, 1.807) is 12.0 Å². The van der Waals surface area contributed by atoms with Gasteiger partial charge in [-0.15, -0.1) is 0 Å². The van der Waals surface area contributed by atoms with Gasteiger partial charge < -0.3 is 14.7 Å². The molecular weight excluding hydrogens is 286 g/mol. The number of aliphatic hydroxyl groups is 1. The van der Waals surface area contributed by atoms with Gasteiger partial charge >= 0.3 is 0 Å². The number of nitrogens with zero attached hydrogens (tertiary/aromatic N) is 1. The predicted octanol–water partition coefficient (Wildman–Crippen LogP) is 1.80. The number of carbonyl (C=O) groups is 1. The number of ether oxygens (including phenoxy) is 1. The van der Waals surface area contributed by atoms with Gasteiger partial charge in [0.1, 0.15) is 5.75 Å². The number of benzene rings is 1. The molecule has 1 fully saturated rings. The Hall–Kier alpha value is -1.07. The standard InChI is InChI=1S/C12H14BrNO3/c1-17-11-4-9(13)3-10(5-11)14-6-8(7-15)2-12(14)16/h3-5,8,15H,2,6-7H2,1H3. The van der Waals surface area contributed by atoms with Gasteiger partial charge in [0.05, 0.1) is 7.11 Å². The second-order valence-corrected chi connectivity index (χ2v) is 5.02. The third kappa shape index (κ3) is 2.61. The van der Waals surface area contributed by atoms with E-state index < -0.39 is 0 Å². The van der Waals surface area contributed by atoms with Crippen LogP contribution in [0.25, 0.3) is 0 Å². The molecule has 0 saturated carbocycles. The number of amides is 1. The molecule has 2 rings (SSSR count). The van der Waals surface area contributed by atoms with Crippen LogP contribution in [0.4, 0.5) is 5.69 Å². The molecule has 1 unspecified atom stereocenters. The second kappa shape index (κ2) is 5.06. The number of hydrogen-bond donors (Lipinski definition) is 1. The molecule has 1 atom stereocenters. The van der Waals surface area contributed by atoms with Crippen molar-refractivity contribution in [1.29, 1.82) is 0 Å². The van der Waals surface area contributed by atoms with E-state index in [9.17, 15) is 4.79 Å². The van der Waals surface area contributed by atoms with Crippen LogP contribution < -0.4 is 9.64 Å². The SMILES string of the molecule is COc1cc(Br)cc(N2CC(CO)CC2=O)c1. The van der Waals surface area contributed by atoms with Crippen molar-refractivity contribution in [3.05, 3.63) is 22.7 Å². The molecule has 0 aromatic heterocycles. The van der Waals surface area contributed by atoms with Crippen LogP contribution in [-0.2, 0) is 4.79 Å². The molecule has 1 aromatic rings. The van der Waals surface area contributed by atoms with Crippen molar-refractivity contribution in [3.8, 4) is 5.75 Å². The molecule has 1 N–H and O–H groups in total. The summed E-state index contributed by atoms with van der Waals surface area (Å²) in [5.41, 5.74) is 0.803. The highest BCUT2D eigenvalue weighted by Gasteiger charge is 2.30. The van der Waals surface area contributed by atoms with Crippen molar-refractivity contribution < 1.29 is 14.6 Å². The number of hydrogen-bond acceptors (Lipinski definition) is 3. The van der Waals surface area contributed by atoms with E-state index in [1.807, 2.05) is 18.2 Å². The summed E-state index contributed by atoms with van der Waals surface area (Å²) in [6.45, 7) is 0.613. The Labute approximate surface area is 108 Å². The number of anilines is 1. The zero-order chi connectivity index (χ0) is 12.4. The summed E-state index contributed by atoms with van der Waals surface area (Å²) < 4.78 is 6.03. The Morgan fingerprint density at radius 3 is 2.88 bits per heavy atom. The topological polar surface area (TPSA) is 49.8 Å². The number of carbonyl (C=O) groups excluding carboxylic acids is 1. The van der Waals surface area contributed by atoms with E-state index >= 15 is 0 Å². The summed E-state index contributed by atoms with van der Waals surface area (Å²) in [6, 6.07) is 5.54. The van der Waals surface area contributed by atoms with Crippen molar-refractivity contribution in [2.45, 2.75) is 6.42 Å². The fourth-order valence-corrected chi connectivity index (χ4v) is 2.44. The zero-order valence-corrected chi connectivity index (χ0v) is 11.1. The number of methoxy groups -OCH3 is 1. The molecule has 0 spiro atoms. The molecule has 5 heteroatoms. The maximum atomic E-state index is 11.8. The van der Waals surface area contributed by atoms with Gasteiger partial charge in [-0.05, 0) is 12.1 Å². The first-order valence-corrected chi connectivity index (χ1v) is 6.19. The Balaban J connectivity index is 2.28. The zero-order valence-electron chi connectivity index (χ0n) is 9.52. The molecule has 17 heavy (non-hydrogen) atoms. The Bertz CT molecular complexity index is 436. The number of halogens is 1. The molecule has 0 aliphatic carbocycles. The first-order valence-electron chi connectivity index (χ1n) is 5.40. The lowest BCUT2D eigenvalue weighted by Crippen LogP contribution is -2.24. The Morgan fingerprint density at radius 1 is 1.53 bits per heavy atom. The first kappa shape index (κ1) is 12.4. The molecule has 1 aliphatic rings. The fourth-order valence-electron chi connectivity index (χ4n) is 1.98. The highest BCUT2D eigenvalue weighted by atomic mass is 79.9. The molecular formula is C12H14BrNO3. The lowest BCUT2D eigenvalue weighted by atomic mass is 10.1. The largest absolute Gasteiger partial charge is 0.497 e. The summed E-state index contributed by atoms with van der Waals surface area (Å²) in [4.78, 5) is 13.5. The normalized spacial score (nSPS) is 19.8. The van der Waals surface area contributed by atoms with E-state index in [0.29, 0.717) is 18.7 Å². The summed E-state index contributed by atoms with van der Waals surface area (Å²) in [5.74, 6) is 0.784. The van der Waals surface area contributed by atoms with Crippen LogP contribution in [0.3, 0.4) is 0 Å². The Morgan fingerprint density at radius 2 is 2.29 bits per heavy atom. The summed E-state index contributed by atoms with van der Waals surface area (Å²) >= 11 is 3.39. The second-order valence-electron chi connectivity index (χ2n) is 4.11. The van der Waals surface area contributed by atoms with E-state index in [0.717, 1.165) is 10.2 Å². The van der Waals surface area contributed by atoms with Gasteiger partial charge in [-0.1, -0.05) is 15.9 Å². The monoisotopic (exact) mass is 299 g/mol. The van der Waals surface area contributed by atoms with Gasteiger partial charge in [0.15, 0.2) is 0 Å². The molecule has 0 bridgehead atoms. The van der Waals surface area contributed by atoms with Gasteiger partial charge in [0.25, 0.3) is 0 Å². The van der Waals surface area contributed by atoms with Crippen LogP contribution in [0.2, 0.25) is 0 Å². The predicted molar refractivity (Wildman–Crippen MR) is 68.2 cm³/mol. The lowest BCUT2D eigenvalue weighted by Gasteiger charge is -2.17. The van der Waals surface area contributed by atoms with Crippen LogP contribution in [-0.4, -0.2) is 31.3 Å². The van der Waals surface area contributed by atoms with Crippen molar-refractivity contribution in [2.75, 3.05) is 25.2 Å². The number of rotatable bonds is 3. The van der Waals surface area contributed by atoms with Crippen molar-refractivity contribution in [1.82, 2.24) is 0 Å². The summed E-state index contributed by atoms with van der Waals surface area (Å²) in [5, 5.41) is 9.09. The third-order valence-electron chi connectivity index (χ3n) is 2.87. The minimum Gasteiger partial charge on any atom is -0.497 e. The first-order chi connectivity index (χ1) is 8.13. The average Bonchev–Trinajstić information content (AvgIpc) is 2.69. The maximum absolute atomic E-state index is 11.8. The lowest BCUT2D eigenvalue weighted by molar-refractivity contribution is -0.117. The van der Waals surface area contributed by atoms with Crippen molar-refractivity contribution in [2.24, 2.45) is 5.92 Å². The van der Waals surface area contributed by atoms with Crippen LogP contribution in [0, 0.1) is 5.92 Å². The van der Waals surface area contributed by atoms with Crippen molar-refractivity contribution in [3.63, 3.8) is 0 Å². The van der Waals surface area contributed by atoms with Crippen LogP contribution in [0.5, 0.6) is 5.75 Å². The molecule has 4 nitrogen and oxygen atoms in total. The molecule has 1 saturated heterocycles. The fraction of sp³-hybridized carbons (Fsp3) is 0.417. The summed E-state index contributed by atoms with van der Waals surface area (Å²) in [6.07, 6.45) is 0.408. The van der Waals surface area contributed by atoms with Crippen LogP contribution in [0.15, 0.2) is 22.7 Å². The van der Waals surface area contributed by atoms with Gasteiger partial charge in [-0.2, -0.15) is 0 Å². The summed E-state index contributed by atoms with van der Waals surface area (Å²) in [7, 11) is 1.59. The highest BCUT2D eigenvalue weighted by molar-refractivity contribution is 9.10. The molecule has 1 aromatic carbocycles. The molecule has 1 aliphatic heterocycles. The highest BCUT2D eigenvalue weighted by Crippen LogP contribution is 2.31. The Kier molecular flexibility index (Phi) is 3.69. The van der Waals surface area contributed by atoms with E-state index in [-0.39, 0.29) is 18.4 Å². The van der Waals surface area contributed by atoms with Gasteiger partial charge in [-0.25, -0.2) is 0 Å². The van der Waals surface area contributed by atoms with Crippen LogP contribution in [0.1, 0.15) is 6.42 Å². The van der Waals surface area contributed by atoms with Gasteiger partial charge in [0.2, 0.25) is 5.91 Å². The smallest absolute Gasteiger partial charge is 0.227 e. The van der Waals surface area contributed by atoms with E-state index in [4.69, 9.17) is 9.84 Å². The van der Waals surface area contributed by atoms with Crippen LogP contribution >= 0.6 is 15.9 Å². The quantitative estimate of drug-likeness (QED) is 0.926. The molecule has 0 radical (unpaired) electrons.